The third-order valence-corrected chi connectivity index (χ3v) is 3.61. The molecule has 2 rings (SSSR count). The molecule has 7 heteroatoms. The van der Waals surface area contributed by atoms with E-state index in [1.807, 2.05) is 31.6 Å². The molecule has 0 unspecified atom stereocenters. The van der Waals surface area contributed by atoms with Gasteiger partial charge >= 0.3 is 6.03 Å². The zero-order chi connectivity index (χ0) is 15.4. The third kappa shape index (κ3) is 3.53. The Morgan fingerprint density at radius 3 is 2.95 bits per heavy atom. The summed E-state index contributed by atoms with van der Waals surface area (Å²) in [6.45, 7) is 7.47. The molecule has 0 radical (unpaired) electrons. The normalized spacial score (nSPS) is 18.8. The van der Waals surface area contributed by atoms with Crippen molar-refractivity contribution >= 4 is 11.9 Å². The first-order chi connectivity index (χ1) is 10.0. The lowest BCUT2D eigenvalue weighted by atomic mass is 10.1. The highest BCUT2D eigenvalue weighted by Crippen LogP contribution is 2.09. The van der Waals surface area contributed by atoms with E-state index in [1.54, 1.807) is 11.1 Å². The Balaban J connectivity index is 1.92. The third-order valence-electron chi connectivity index (χ3n) is 3.61. The number of hydrogen-bond donors (Lipinski definition) is 2. The summed E-state index contributed by atoms with van der Waals surface area (Å²) in [5.74, 6) is -0.0773. The lowest BCUT2D eigenvalue weighted by Gasteiger charge is -2.34. The van der Waals surface area contributed by atoms with Crippen molar-refractivity contribution in [2.24, 2.45) is 0 Å². The number of carbonyl (C=O) groups is 2. The molecule has 2 N–H and O–H groups in total. The molecule has 0 bridgehead atoms. The Bertz CT molecular complexity index is 511. The molecule has 1 aliphatic rings. The Kier molecular flexibility index (Phi) is 4.82. The number of rotatable bonds is 4. The fourth-order valence-corrected chi connectivity index (χ4v) is 2.39. The summed E-state index contributed by atoms with van der Waals surface area (Å²) in [6, 6.07) is -0.282. The van der Waals surface area contributed by atoms with E-state index in [4.69, 9.17) is 0 Å². The molecule has 3 amide bonds. The molecule has 1 fully saturated rings. The molecule has 0 saturated carbocycles. The van der Waals surface area contributed by atoms with Gasteiger partial charge in [0.05, 0.1) is 6.20 Å². The smallest absolute Gasteiger partial charge is 0.318 e. The van der Waals surface area contributed by atoms with E-state index in [9.17, 15) is 9.59 Å². The highest BCUT2D eigenvalue weighted by atomic mass is 16.2. The van der Waals surface area contributed by atoms with Gasteiger partial charge in [0, 0.05) is 37.4 Å². The van der Waals surface area contributed by atoms with Crippen molar-refractivity contribution in [3.8, 4) is 0 Å². The molecule has 1 aromatic rings. The lowest BCUT2D eigenvalue weighted by Crippen LogP contribution is -2.59. The molecular weight excluding hydrogens is 270 g/mol. The van der Waals surface area contributed by atoms with Gasteiger partial charge in [-0.05, 0) is 20.3 Å². The van der Waals surface area contributed by atoms with Crippen molar-refractivity contribution in [2.45, 2.75) is 45.8 Å². The van der Waals surface area contributed by atoms with E-state index in [0.29, 0.717) is 32.1 Å². The van der Waals surface area contributed by atoms with Crippen molar-refractivity contribution in [1.82, 2.24) is 25.3 Å². The van der Waals surface area contributed by atoms with Crippen LogP contribution >= 0.6 is 0 Å². The van der Waals surface area contributed by atoms with Gasteiger partial charge in [0.1, 0.15) is 6.04 Å². The molecular formula is C14H23N5O2. The van der Waals surface area contributed by atoms with Crippen LogP contribution < -0.4 is 10.6 Å². The van der Waals surface area contributed by atoms with Crippen molar-refractivity contribution in [2.75, 3.05) is 13.1 Å². The van der Waals surface area contributed by atoms with Crippen LogP contribution in [0.4, 0.5) is 4.79 Å². The minimum atomic E-state index is -0.378. The van der Waals surface area contributed by atoms with E-state index >= 15 is 0 Å². The van der Waals surface area contributed by atoms with E-state index in [-0.39, 0.29) is 18.0 Å². The maximum absolute atomic E-state index is 12.2. The molecule has 1 saturated heterocycles. The molecule has 21 heavy (non-hydrogen) atoms. The van der Waals surface area contributed by atoms with Crippen LogP contribution in [0.1, 0.15) is 38.8 Å². The zero-order valence-electron chi connectivity index (χ0n) is 12.8. The summed E-state index contributed by atoms with van der Waals surface area (Å²) < 4.78 is 1.85. The van der Waals surface area contributed by atoms with Crippen molar-refractivity contribution < 1.29 is 9.59 Å². The topological polar surface area (TPSA) is 79.3 Å². The number of piperazine rings is 1. The molecule has 116 valence electrons. The van der Waals surface area contributed by atoms with Gasteiger partial charge < -0.3 is 15.5 Å². The molecule has 7 nitrogen and oxygen atoms in total. The predicted molar refractivity (Wildman–Crippen MR) is 78.6 cm³/mol. The highest BCUT2D eigenvalue weighted by Gasteiger charge is 2.31. The van der Waals surface area contributed by atoms with Crippen LogP contribution in [0.2, 0.25) is 0 Å². The van der Waals surface area contributed by atoms with Crippen molar-refractivity contribution in [1.29, 1.82) is 0 Å². The first kappa shape index (κ1) is 15.3. The highest BCUT2D eigenvalue weighted by molar-refractivity contribution is 5.88. The first-order valence-electron chi connectivity index (χ1n) is 7.38. The number of amides is 3. The fraction of sp³-hybridized carbons (Fsp3) is 0.643. The van der Waals surface area contributed by atoms with Crippen LogP contribution in [0.3, 0.4) is 0 Å². The van der Waals surface area contributed by atoms with Crippen molar-refractivity contribution in [3.05, 3.63) is 18.0 Å². The average Bonchev–Trinajstić information content (AvgIpc) is 2.93. The molecule has 0 aromatic carbocycles. The first-order valence-corrected chi connectivity index (χ1v) is 7.38. The molecule has 1 atom stereocenters. The van der Waals surface area contributed by atoms with Gasteiger partial charge in [-0.1, -0.05) is 6.92 Å². The predicted octanol–water partition coefficient (Wildman–Crippen LogP) is 0.884. The standard InChI is InChI=1S/C14H23N5O2/c1-4-12-13(20)15-5-6-18(12)14(21)16-7-11-8-17-19(9-11)10(2)3/h8-10,12H,4-7H2,1-3H3,(H,15,20)(H,16,21)/t12-/m0/s1. The number of aromatic nitrogens is 2. The maximum Gasteiger partial charge on any atom is 0.318 e. The van der Waals surface area contributed by atoms with Crippen LogP contribution in [-0.4, -0.2) is 45.8 Å². The van der Waals surface area contributed by atoms with Crippen LogP contribution in [0.5, 0.6) is 0 Å². The molecule has 1 aliphatic heterocycles. The SMILES string of the molecule is CC[C@H]1C(=O)NCCN1C(=O)NCc1cnn(C(C)C)c1. The summed E-state index contributed by atoms with van der Waals surface area (Å²) in [5, 5.41) is 9.88. The Labute approximate surface area is 124 Å². The van der Waals surface area contributed by atoms with Crippen molar-refractivity contribution in [3.63, 3.8) is 0 Å². The van der Waals surface area contributed by atoms with Crippen LogP contribution in [0, 0.1) is 0 Å². The quantitative estimate of drug-likeness (QED) is 0.865. The minimum Gasteiger partial charge on any atom is -0.353 e. The number of nitrogens with zero attached hydrogens (tertiary/aromatic N) is 3. The van der Waals surface area contributed by atoms with E-state index < -0.39 is 0 Å². The lowest BCUT2D eigenvalue weighted by molar-refractivity contribution is -0.127. The number of carbonyl (C=O) groups excluding carboxylic acids is 2. The van der Waals surface area contributed by atoms with E-state index in [1.165, 1.54) is 0 Å². The number of hydrogen-bond acceptors (Lipinski definition) is 3. The monoisotopic (exact) mass is 293 g/mol. The summed E-state index contributed by atoms with van der Waals surface area (Å²) in [5.41, 5.74) is 0.951. The molecule has 0 spiro atoms. The molecule has 1 aromatic heterocycles. The van der Waals surface area contributed by atoms with Crippen LogP contribution in [0.15, 0.2) is 12.4 Å². The van der Waals surface area contributed by atoms with Crippen LogP contribution in [0.25, 0.3) is 0 Å². The average molecular weight is 293 g/mol. The fourth-order valence-electron chi connectivity index (χ4n) is 2.39. The summed E-state index contributed by atoms with van der Waals surface area (Å²) in [7, 11) is 0. The van der Waals surface area contributed by atoms with E-state index in [0.717, 1.165) is 5.56 Å². The van der Waals surface area contributed by atoms with Gasteiger partial charge in [0.25, 0.3) is 0 Å². The van der Waals surface area contributed by atoms with E-state index in [2.05, 4.69) is 15.7 Å². The molecule has 2 heterocycles. The number of nitrogens with one attached hydrogen (secondary N) is 2. The van der Waals surface area contributed by atoms with Gasteiger partial charge in [0.15, 0.2) is 0 Å². The van der Waals surface area contributed by atoms with Gasteiger partial charge in [-0.2, -0.15) is 5.10 Å². The summed E-state index contributed by atoms with van der Waals surface area (Å²) >= 11 is 0. The van der Waals surface area contributed by atoms with Gasteiger partial charge in [-0.15, -0.1) is 0 Å². The number of urea groups is 1. The second-order valence-electron chi connectivity index (χ2n) is 5.49. The Morgan fingerprint density at radius 1 is 1.57 bits per heavy atom. The largest absolute Gasteiger partial charge is 0.353 e. The second-order valence-corrected chi connectivity index (χ2v) is 5.49. The van der Waals surface area contributed by atoms with Gasteiger partial charge in [-0.25, -0.2) is 4.79 Å². The molecule has 0 aliphatic carbocycles. The van der Waals surface area contributed by atoms with Gasteiger partial charge in [0.2, 0.25) is 5.91 Å². The summed E-state index contributed by atoms with van der Waals surface area (Å²) in [4.78, 5) is 25.6. The maximum atomic E-state index is 12.2. The zero-order valence-corrected chi connectivity index (χ0v) is 12.8. The Morgan fingerprint density at radius 2 is 2.33 bits per heavy atom. The van der Waals surface area contributed by atoms with Gasteiger partial charge in [-0.3, -0.25) is 9.48 Å². The minimum absolute atomic E-state index is 0.0773. The van der Waals surface area contributed by atoms with Crippen LogP contribution in [-0.2, 0) is 11.3 Å². The summed E-state index contributed by atoms with van der Waals surface area (Å²) in [6.07, 6.45) is 4.29. The second kappa shape index (κ2) is 6.60. The Hall–Kier alpha value is -2.05.